The molecule has 0 spiro atoms. The quantitative estimate of drug-likeness (QED) is 0.647. The third-order valence-electron chi connectivity index (χ3n) is 5.26. The van der Waals surface area contributed by atoms with Crippen LogP contribution in [0.2, 0.25) is 0 Å². The van der Waals surface area contributed by atoms with E-state index in [0.717, 1.165) is 48.6 Å². The number of aromatic nitrogens is 2. The molecule has 6 heteroatoms. The lowest BCUT2D eigenvalue weighted by Crippen LogP contribution is -2.45. The molecule has 0 N–H and O–H groups in total. The molecule has 0 amide bonds. The van der Waals surface area contributed by atoms with Gasteiger partial charge >= 0.3 is 0 Å². The number of likely N-dealkylation sites (N-methyl/N-ethyl adjacent to an activating group) is 1. The van der Waals surface area contributed by atoms with Crippen molar-refractivity contribution in [2.24, 2.45) is 0 Å². The molecule has 1 aliphatic rings. The van der Waals surface area contributed by atoms with E-state index in [-0.39, 0.29) is 0 Å². The molecule has 0 bridgehead atoms. The van der Waals surface area contributed by atoms with Gasteiger partial charge in [0.05, 0.1) is 30.3 Å². The molecule has 0 radical (unpaired) electrons. The maximum absolute atomic E-state index is 9.89. The van der Waals surface area contributed by atoms with E-state index in [2.05, 4.69) is 22.9 Å². The summed E-state index contributed by atoms with van der Waals surface area (Å²) in [6.45, 7) is 4.45. The maximum atomic E-state index is 9.89. The first kappa shape index (κ1) is 19.3. The normalized spacial score (nSPS) is 15.9. The van der Waals surface area contributed by atoms with Crippen LogP contribution in [0, 0.1) is 11.3 Å². The molecular formula is C23H25N5O. The smallest absolute Gasteiger partial charge is 0.152 e. The Morgan fingerprint density at radius 1 is 0.966 bits per heavy atom. The highest BCUT2D eigenvalue weighted by Gasteiger charge is 2.25. The fraction of sp³-hybridized carbons (Fsp3) is 0.348. The van der Waals surface area contributed by atoms with Crippen LogP contribution in [0.3, 0.4) is 0 Å². The number of hydrogen-bond acceptors (Lipinski definition) is 6. The molecular weight excluding hydrogens is 362 g/mol. The number of nitrogens with zero attached hydrogens (tertiary/aromatic N) is 5. The standard InChI is InChI=1S/C23H25N5O/c1-27-11-13-28(14-12-27)23-22(25-20-9-5-6-10-21(20)26-23)19(15-24)17-29-16-18-7-3-2-4-8-18/h2-10,19H,11-14,16-17H2,1H3. The van der Waals surface area contributed by atoms with Gasteiger partial charge in [0.15, 0.2) is 5.82 Å². The van der Waals surface area contributed by atoms with Crippen molar-refractivity contribution < 1.29 is 4.74 Å². The van der Waals surface area contributed by atoms with E-state index in [1.54, 1.807) is 0 Å². The molecule has 1 atom stereocenters. The largest absolute Gasteiger partial charge is 0.375 e. The third kappa shape index (κ3) is 4.53. The number of hydrogen-bond donors (Lipinski definition) is 0. The average molecular weight is 387 g/mol. The second kappa shape index (κ2) is 8.99. The minimum atomic E-state index is -0.467. The van der Waals surface area contributed by atoms with Gasteiger partial charge in [0, 0.05) is 26.2 Å². The van der Waals surface area contributed by atoms with Crippen molar-refractivity contribution in [3.63, 3.8) is 0 Å². The zero-order valence-corrected chi connectivity index (χ0v) is 16.7. The molecule has 148 valence electrons. The summed E-state index contributed by atoms with van der Waals surface area (Å²) in [6.07, 6.45) is 0. The van der Waals surface area contributed by atoms with E-state index >= 15 is 0 Å². The lowest BCUT2D eigenvalue weighted by atomic mass is 10.1. The fourth-order valence-electron chi connectivity index (χ4n) is 3.54. The Hall–Kier alpha value is -3.01. The fourth-order valence-corrected chi connectivity index (χ4v) is 3.54. The summed E-state index contributed by atoms with van der Waals surface area (Å²) >= 11 is 0. The Kier molecular flexibility index (Phi) is 5.99. The van der Waals surface area contributed by atoms with E-state index < -0.39 is 5.92 Å². The van der Waals surface area contributed by atoms with E-state index in [9.17, 15) is 5.26 Å². The van der Waals surface area contributed by atoms with Crippen molar-refractivity contribution in [3.05, 3.63) is 65.9 Å². The summed E-state index contributed by atoms with van der Waals surface area (Å²) in [4.78, 5) is 14.3. The Labute approximate surface area is 171 Å². The molecule has 2 aromatic carbocycles. The van der Waals surface area contributed by atoms with Crippen molar-refractivity contribution in [1.29, 1.82) is 5.26 Å². The van der Waals surface area contributed by atoms with Gasteiger partial charge in [-0.25, -0.2) is 9.97 Å². The van der Waals surface area contributed by atoms with Gasteiger partial charge in [0.25, 0.3) is 0 Å². The second-order valence-electron chi connectivity index (χ2n) is 7.39. The molecule has 0 saturated carbocycles. The number of fused-ring (bicyclic) bond motifs is 1. The predicted octanol–water partition coefficient (Wildman–Crippen LogP) is 3.21. The number of benzene rings is 2. The first-order valence-corrected chi connectivity index (χ1v) is 9.96. The SMILES string of the molecule is CN1CCN(c2nc3ccccc3nc2C(C#N)COCc2ccccc2)CC1. The van der Waals surface area contributed by atoms with E-state index in [0.29, 0.717) is 18.9 Å². The number of piperazine rings is 1. The first-order valence-electron chi connectivity index (χ1n) is 9.96. The predicted molar refractivity (Wildman–Crippen MR) is 114 cm³/mol. The van der Waals surface area contributed by atoms with Gasteiger partial charge < -0.3 is 14.5 Å². The van der Waals surface area contributed by atoms with Crippen LogP contribution < -0.4 is 4.90 Å². The van der Waals surface area contributed by atoms with Crippen LogP contribution in [-0.4, -0.2) is 54.7 Å². The molecule has 3 aromatic rings. The van der Waals surface area contributed by atoms with Crippen molar-refractivity contribution in [3.8, 4) is 6.07 Å². The van der Waals surface area contributed by atoms with Crippen LogP contribution in [0.25, 0.3) is 11.0 Å². The van der Waals surface area contributed by atoms with Crippen molar-refractivity contribution in [2.75, 3.05) is 44.7 Å². The number of nitriles is 1. The number of ether oxygens (including phenoxy) is 1. The first-order chi connectivity index (χ1) is 14.2. The summed E-state index contributed by atoms with van der Waals surface area (Å²) in [5, 5.41) is 9.89. The van der Waals surface area contributed by atoms with Gasteiger partial charge in [0.2, 0.25) is 0 Å². The summed E-state index contributed by atoms with van der Waals surface area (Å²) in [7, 11) is 2.12. The van der Waals surface area contributed by atoms with E-state index in [4.69, 9.17) is 14.7 Å². The number of rotatable bonds is 6. The maximum Gasteiger partial charge on any atom is 0.152 e. The van der Waals surface area contributed by atoms with Crippen molar-refractivity contribution >= 4 is 16.9 Å². The molecule has 2 heterocycles. The average Bonchev–Trinajstić information content (AvgIpc) is 2.77. The Bertz CT molecular complexity index is 993. The zero-order chi connectivity index (χ0) is 20.1. The highest BCUT2D eigenvalue weighted by atomic mass is 16.5. The van der Waals surface area contributed by atoms with Gasteiger partial charge in [-0.05, 0) is 24.7 Å². The van der Waals surface area contributed by atoms with Crippen molar-refractivity contribution in [2.45, 2.75) is 12.5 Å². The van der Waals surface area contributed by atoms with Crippen LogP contribution in [-0.2, 0) is 11.3 Å². The highest BCUT2D eigenvalue weighted by Crippen LogP contribution is 2.28. The van der Waals surface area contributed by atoms with Gasteiger partial charge in [-0.2, -0.15) is 5.26 Å². The monoisotopic (exact) mass is 387 g/mol. The van der Waals surface area contributed by atoms with Gasteiger partial charge in [-0.15, -0.1) is 0 Å². The third-order valence-corrected chi connectivity index (χ3v) is 5.26. The number of anilines is 1. The Morgan fingerprint density at radius 3 is 2.31 bits per heavy atom. The summed E-state index contributed by atoms with van der Waals surface area (Å²) < 4.78 is 5.88. The molecule has 1 aliphatic heterocycles. The molecule has 1 fully saturated rings. The molecule has 4 rings (SSSR count). The van der Waals surface area contributed by atoms with Gasteiger partial charge in [0.1, 0.15) is 11.6 Å². The molecule has 6 nitrogen and oxygen atoms in total. The van der Waals surface area contributed by atoms with Crippen LogP contribution in [0.15, 0.2) is 54.6 Å². The Morgan fingerprint density at radius 2 is 1.62 bits per heavy atom. The van der Waals surface area contributed by atoms with E-state index in [1.165, 1.54) is 0 Å². The topological polar surface area (TPSA) is 65.3 Å². The number of para-hydroxylation sites is 2. The molecule has 1 aromatic heterocycles. The van der Waals surface area contributed by atoms with E-state index in [1.807, 2.05) is 54.6 Å². The zero-order valence-electron chi connectivity index (χ0n) is 16.7. The van der Waals surface area contributed by atoms with Crippen LogP contribution in [0.5, 0.6) is 0 Å². The van der Waals surface area contributed by atoms with Crippen LogP contribution in [0.4, 0.5) is 5.82 Å². The van der Waals surface area contributed by atoms with Gasteiger partial charge in [-0.3, -0.25) is 0 Å². The van der Waals surface area contributed by atoms with Crippen LogP contribution >= 0.6 is 0 Å². The highest BCUT2D eigenvalue weighted by molar-refractivity contribution is 5.77. The second-order valence-corrected chi connectivity index (χ2v) is 7.39. The molecule has 1 unspecified atom stereocenters. The molecule has 29 heavy (non-hydrogen) atoms. The minimum absolute atomic E-state index is 0.291. The summed E-state index contributed by atoms with van der Waals surface area (Å²) in [5.41, 5.74) is 3.47. The molecule has 0 aliphatic carbocycles. The lowest BCUT2D eigenvalue weighted by molar-refractivity contribution is 0.116. The van der Waals surface area contributed by atoms with Crippen molar-refractivity contribution in [1.82, 2.24) is 14.9 Å². The summed E-state index contributed by atoms with van der Waals surface area (Å²) in [5.74, 6) is 0.345. The minimum Gasteiger partial charge on any atom is -0.375 e. The van der Waals surface area contributed by atoms with Gasteiger partial charge in [-0.1, -0.05) is 42.5 Å². The summed E-state index contributed by atoms with van der Waals surface area (Å²) in [6, 6.07) is 20.2. The Balaban J connectivity index is 1.60. The lowest BCUT2D eigenvalue weighted by Gasteiger charge is -2.34. The molecule has 1 saturated heterocycles. The van der Waals surface area contributed by atoms with Crippen LogP contribution in [0.1, 0.15) is 17.2 Å².